The van der Waals surface area contributed by atoms with Crippen LogP contribution in [0, 0.1) is 0 Å². The lowest BCUT2D eigenvalue weighted by Crippen LogP contribution is -2.49. The normalized spacial score (nSPS) is 21.4. The quantitative estimate of drug-likeness (QED) is 0.541. The van der Waals surface area contributed by atoms with Crippen molar-refractivity contribution in [3.63, 3.8) is 0 Å². The summed E-state index contributed by atoms with van der Waals surface area (Å²) < 4.78 is 4.90. The van der Waals surface area contributed by atoms with Gasteiger partial charge >= 0.3 is 5.97 Å². The maximum absolute atomic E-state index is 11.1. The van der Waals surface area contributed by atoms with Crippen LogP contribution in [0.4, 0.5) is 0 Å². The number of hydrogen-bond acceptors (Lipinski definition) is 4. The van der Waals surface area contributed by atoms with E-state index in [4.69, 9.17) is 4.74 Å². The summed E-state index contributed by atoms with van der Waals surface area (Å²) in [6, 6.07) is 0.647. The number of piperazine rings is 1. The fourth-order valence-corrected chi connectivity index (χ4v) is 2.21. The molecule has 0 aliphatic carbocycles. The van der Waals surface area contributed by atoms with Crippen molar-refractivity contribution < 1.29 is 9.53 Å². The molecule has 100 valence electrons. The first kappa shape index (κ1) is 14.5. The van der Waals surface area contributed by atoms with Crippen molar-refractivity contribution >= 4 is 5.97 Å². The molecular formula is C13H26N2O2. The molecule has 17 heavy (non-hydrogen) atoms. The first-order valence-electron chi connectivity index (χ1n) is 6.84. The van der Waals surface area contributed by atoms with Crippen LogP contribution in [0.2, 0.25) is 0 Å². The smallest absolute Gasteiger partial charge is 0.305 e. The minimum atomic E-state index is -0.0527. The van der Waals surface area contributed by atoms with Crippen LogP contribution in [-0.2, 0) is 9.53 Å². The van der Waals surface area contributed by atoms with E-state index < -0.39 is 0 Å². The Labute approximate surface area is 105 Å². The summed E-state index contributed by atoms with van der Waals surface area (Å²) in [7, 11) is 0. The Bertz CT molecular complexity index is 221. The highest BCUT2D eigenvalue weighted by Crippen LogP contribution is 2.07. The topological polar surface area (TPSA) is 41.6 Å². The SMILES string of the molecule is CCOC(=O)CCCCCN1CCNC[C@H]1C. The molecule has 1 heterocycles. The van der Waals surface area contributed by atoms with Gasteiger partial charge in [0.1, 0.15) is 0 Å². The van der Waals surface area contributed by atoms with Gasteiger partial charge < -0.3 is 10.1 Å². The van der Waals surface area contributed by atoms with Crippen LogP contribution >= 0.6 is 0 Å². The Hall–Kier alpha value is -0.610. The van der Waals surface area contributed by atoms with Crippen LogP contribution in [0.25, 0.3) is 0 Å². The van der Waals surface area contributed by atoms with Crippen molar-refractivity contribution in [3.05, 3.63) is 0 Å². The molecule has 1 aliphatic rings. The number of unbranched alkanes of at least 4 members (excludes halogenated alkanes) is 2. The van der Waals surface area contributed by atoms with Gasteiger partial charge in [0.2, 0.25) is 0 Å². The zero-order valence-electron chi connectivity index (χ0n) is 11.2. The number of hydrogen-bond donors (Lipinski definition) is 1. The van der Waals surface area contributed by atoms with Gasteiger partial charge in [0, 0.05) is 32.1 Å². The number of rotatable bonds is 7. The third-order valence-corrected chi connectivity index (χ3v) is 3.27. The molecular weight excluding hydrogens is 216 g/mol. The summed E-state index contributed by atoms with van der Waals surface area (Å²) in [5.74, 6) is -0.0527. The molecule has 1 aliphatic heterocycles. The van der Waals surface area contributed by atoms with Crippen molar-refractivity contribution in [2.24, 2.45) is 0 Å². The van der Waals surface area contributed by atoms with Crippen LogP contribution in [0.1, 0.15) is 39.5 Å². The van der Waals surface area contributed by atoms with Crippen LogP contribution < -0.4 is 5.32 Å². The third kappa shape index (κ3) is 6.03. The Kier molecular flexibility index (Phi) is 7.21. The highest BCUT2D eigenvalue weighted by atomic mass is 16.5. The van der Waals surface area contributed by atoms with Gasteiger partial charge in [-0.25, -0.2) is 0 Å². The number of esters is 1. The van der Waals surface area contributed by atoms with Crippen LogP contribution in [0.3, 0.4) is 0 Å². The monoisotopic (exact) mass is 242 g/mol. The molecule has 0 saturated carbocycles. The zero-order valence-corrected chi connectivity index (χ0v) is 11.2. The number of ether oxygens (including phenoxy) is 1. The summed E-state index contributed by atoms with van der Waals surface area (Å²) in [5.41, 5.74) is 0. The molecule has 0 aromatic heterocycles. The maximum Gasteiger partial charge on any atom is 0.305 e. The average Bonchev–Trinajstić information content (AvgIpc) is 2.31. The molecule has 1 N–H and O–H groups in total. The van der Waals surface area contributed by atoms with Gasteiger partial charge in [0.15, 0.2) is 0 Å². The van der Waals surface area contributed by atoms with E-state index in [1.54, 1.807) is 0 Å². The molecule has 0 aromatic rings. The summed E-state index contributed by atoms with van der Waals surface area (Å²) >= 11 is 0. The summed E-state index contributed by atoms with van der Waals surface area (Å²) in [6.07, 6.45) is 3.84. The standard InChI is InChI=1S/C13H26N2O2/c1-3-17-13(16)7-5-4-6-9-15-10-8-14-11-12(15)2/h12,14H,3-11H2,1-2H3/t12-/m1/s1. The van der Waals surface area contributed by atoms with E-state index in [9.17, 15) is 4.79 Å². The van der Waals surface area contributed by atoms with Gasteiger partial charge in [0.05, 0.1) is 6.61 Å². The number of nitrogens with one attached hydrogen (secondary N) is 1. The molecule has 4 nitrogen and oxygen atoms in total. The predicted octanol–water partition coefficient (Wildman–Crippen LogP) is 1.40. The summed E-state index contributed by atoms with van der Waals surface area (Å²) in [4.78, 5) is 13.6. The van der Waals surface area contributed by atoms with Crippen molar-refractivity contribution in [3.8, 4) is 0 Å². The van der Waals surface area contributed by atoms with E-state index >= 15 is 0 Å². The minimum absolute atomic E-state index is 0.0527. The van der Waals surface area contributed by atoms with Crippen molar-refractivity contribution in [2.75, 3.05) is 32.8 Å². The van der Waals surface area contributed by atoms with Gasteiger partial charge in [-0.3, -0.25) is 9.69 Å². The van der Waals surface area contributed by atoms with Crippen LogP contribution in [0.15, 0.2) is 0 Å². The molecule has 1 atom stereocenters. The molecule has 1 rings (SSSR count). The molecule has 0 spiro atoms. The second-order valence-electron chi connectivity index (χ2n) is 4.70. The van der Waals surface area contributed by atoms with Gasteiger partial charge in [-0.1, -0.05) is 6.42 Å². The first-order chi connectivity index (χ1) is 8.24. The molecule has 0 amide bonds. The highest BCUT2D eigenvalue weighted by Gasteiger charge is 2.16. The largest absolute Gasteiger partial charge is 0.466 e. The second kappa shape index (κ2) is 8.48. The highest BCUT2D eigenvalue weighted by molar-refractivity contribution is 5.69. The second-order valence-corrected chi connectivity index (χ2v) is 4.70. The Morgan fingerprint density at radius 2 is 2.24 bits per heavy atom. The molecule has 0 aromatic carbocycles. The maximum atomic E-state index is 11.1. The molecule has 0 radical (unpaired) electrons. The Morgan fingerprint density at radius 1 is 1.41 bits per heavy atom. The summed E-state index contributed by atoms with van der Waals surface area (Å²) in [5, 5.41) is 3.39. The first-order valence-corrected chi connectivity index (χ1v) is 6.84. The summed E-state index contributed by atoms with van der Waals surface area (Å²) in [6.45, 7) is 9.13. The van der Waals surface area contributed by atoms with E-state index in [0.29, 0.717) is 19.1 Å². The van der Waals surface area contributed by atoms with Gasteiger partial charge in [-0.2, -0.15) is 0 Å². The fraction of sp³-hybridized carbons (Fsp3) is 0.923. The molecule has 1 saturated heterocycles. The lowest BCUT2D eigenvalue weighted by atomic mass is 10.1. The molecule has 4 heteroatoms. The third-order valence-electron chi connectivity index (χ3n) is 3.27. The van der Waals surface area contributed by atoms with Gasteiger partial charge in [-0.05, 0) is 33.2 Å². The van der Waals surface area contributed by atoms with Crippen molar-refractivity contribution in [1.29, 1.82) is 0 Å². The van der Waals surface area contributed by atoms with E-state index in [2.05, 4.69) is 17.1 Å². The van der Waals surface area contributed by atoms with Crippen LogP contribution in [-0.4, -0.2) is 49.7 Å². The minimum Gasteiger partial charge on any atom is -0.466 e. The molecule has 1 fully saturated rings. The molecule has 0 unspecified atom stereocenters. The zero-order chi connectivity index (χ0) is 12.5. The number of carbonyl (C=O) groups is 1. The Balaban J connectivity index is 1.98. The molecule has 0 bridgehead atoms. The van der Waals surface area contributed by atoms with Crippen molar-refractivity contribution in [1.82, 2.24) is 10.2 Å². The fourth-order valence-electron chi connectivity index (χ4n) is 2.21. The number of carbonyl (C=O) groups excluding carboxylic acids is 1. The van der Waals surface area contributed by atoms with Crippen molar-refractivity contribution in [2.45, 2.75) is 45.6 Å². The van der Waals surface area contributed by atoms with E-state index in [-0.39, 0.29) is 5.97 Å². The predicted molar refractivity (Wildman–Crippen MR) is 69.0 cm³/mol. The van der Waals surface area contributed by atoms with Gasteiger partial charge in [-0.15, -0.1) is 0 Å². The van der Waals surface area contributed by atoms with Crippen LogP contribution in [0.5, 0.6) is 0 Å². The van der Waals surface area contributed by atoms with E-state index in [1.165, 1.54) is 6.42 Å². The number of nitrogens with zero attached hydrogens (tertiary/aromatic N) is 1. The van der Waals surface area contributed by atoms with E-state index in [1.807, 2.05) is 6.92 Å². The lowest BCUT2D eigenvalue weighted by molar-refractivity contribution is -0.143. The van der Waals surface area contributed by atoms with E-state index in [0.717, 1.165) is 39.0 Å². The average molecular weight is 242 g/mol. The van der Waals surface area contributed by atoms with Gasteiger partial charge in [0.25, 0.3) is 0 Å². The lowest BCUT2D eigenvalue weighted by Gasteiger charge is -2.33. The Morgan fingerprint density at radius 3 is 2.94 bits per heavy atom.